The number of carbonyl (C=O) groups is 1. The van der Waals surface area contributed by atoms with Gasteiger partial charge in [0.2, 0.25) is 0 Å². The second-order valence-electron chi connectivity index (χ2n) is 9.49. The Morgan fingerprint density at radius 3 is 2.55 bits per heavy atom. The van der Waals surface area contributed by atoms with E-state index in [4.69, 9.17) is 19.8 Å². The quantitative estimate of drug-likeness (QED) is 0.238. The molecule has 33 heavy (non-hydrogen) atoms. The molecule has 5 heteroatoms. The summed E-state index contributed by atoms with van der Waals surface area (Å²) in [6.45, 7) is 9.12. The molecular weight excluding hydrogens is 414 g/mol. The zero-order valence-electron chi connectivity index (χ0n) is 21.0. The van der Waals surface area contributed by atoms with Gasteiger partial charge >= 0.3 is 5.97 Å². The highest BCUT2D eigenvalue weighted by atomic mass is 16.5. The van der Waals surface area contributed by atoms with Crippen LogP contribution in [0.4, 0.5) is 0 Å². The Bertz CT molecular complexity index is 868. The van der Waals surface area contributed by atoms with Gasteiger partial charge in [-0.05, 0) is 102 Å². The summed E-state index contributed by atoms with van der Waals surface area (Å²) in [5, 5.41) is 17.4. The molecule has 2 rings (SSSR count). The highest BCUT2D eigenvalue weighted by Gasteiger charge is 2.32. The lowest BCUT2D eigenvalue weighted by Gasteiger charge is -2.36. The van der Waals surface area contributed by atoms with Crippen LogP contribution in [0.3, 0.4) is 0 Å². The molecule has 0 saturated carbocycles. The normalized spacial score (nSPS) is 17.4. The number of aliphatic carboxylic acids is 1. The van der Waals surface area contributed by atoms with E-state index in [1.54, 1.807) is 0 Å². The Kier molecular flexibility index (Phi) is 10.8. The third-order valence-corrected chi connectivity index (χ3v) is 6.68. The van der Waals surface area contributed by atoms with Gasteiger partial charge in [0, 0.05) is 18.4 Å². The molecule has 1 aromatic carbocycles. The molecule has 1 N–H and O–H groups in total. The molecular formula is C28H41NO4. The van der Waals surface area contributed by atoms with E-state index in [9.17, 15) is 4.79 Å². The fraction of sp³-hybridized carbons (Fsp3) is 0.643. The van der Waals surface area contributed by atoms with Crippen LogP contribution in [0.5, 0.6) is 11.5 Å². The smallest absolute Gasteiger partial charge is 0.303 e. The first kappa shape index (κ1) is 26.8. The third kappa shape index (κ3) is 8.11. The van der Waals surface area contributed by atoms with Crippen molar-refractivity contribution in [2.45, 2.75) is 110 Å². The number of ether oxygens (including phenoxy) is 2. The van der Waals surface area contributed by atoms with Gasteiger partial charge in [0.15, 0.2) is 0 Å². The summed E-state index contributed by atoms with van der Waals surface area (Å²) in [6.07, 6.45) is 15.2. The highest BCUT2D eigenvalue weighted by Crippen LogP contribution is 2.44. The van der Waals surface area contributed by atoms with E-state index in [1.165, 1.54) is 17.5 Å². The van der Waals surface area contributed by atoms with Gasteiger partial charge in [-0.1, -0.05) is 18.9 Å². The number of unbranched alkanes of at least 4 members (excludes halogenated alkanes) is 7. The van der Waals surface area contributed by atoms with Crippen molar-refractivity contribution in [3.63, 3.8) is 0 Å². The molecule has 0 radical (unpaired) electrons. The first-order chi connectivity index (χ1) is 15.8. The van der Waals surface area contributed by atoms with Gasteiger partial charge in [-0.3, -0.25) is 4.79 Å². The van der Waals surface area contributed by atoms with Crippen molar-refractivity contribution >= 4 is 5.97 Å². The molecule has 0 fully saturated rings. The molecule has 0 aliphatic carbocycles. The summed E-state index contributed by atoms with van der Waals surface area (Å²) in [6, 6.07) is 2.21. The van der Waals surface area contributed by atoms with Crippen LogP contribution in [0.25, 0.3) is 0 Å². The molecule has 0 bridgehead atoms. The summed E-state index contributed by atoms with van der Waals surface area (Å²) in [5.41, 5.74) is 4.41. The first-order valence-electron chi connectivity index (χ1n) is 12.5. The monoisotopic (exact) mass is 455 g/mol. The van der Waals surface area contributed by atoms with Crippen molar-refractivity contribution in [1.29, 1.82) is 5.26 Å². The predicted octanol–water partition coefficient (Wildman–Crippen LogP) is 7.14. The van der Waals surface area contributed by atoms with Gasteiger partial charge < -0.3 is 14.6 Å². The Hall–Kier alpha value is -2.48. The van der Waals surface area contributed by atoms with Crippen molar-refractivity contribution in [1.82, 2.24) is 0 Å². The molecule has 1 unspecified atom stereocenters. The minimum absolute atomic E-state index is 0.225. The Balaban J connectivity index is 1.95. The SMILES string of the molecule is Cc1c(C)c2c(c(C)c1OCCCCCC(=O)O)CCC(C)(/C=C/CCCCCCC#N)O2. The molecule has 1 heterocycles. The number of rotatable bonds is 14. The predicted molar refractivity (Wildman–Crippen MR) is 132 cm³/mol. The van der Waals surface area contributed by atoms with E-state index in [0.717, 1.165) is 74.0 Å². The molecule has 0 aromatic heterocycles. The van der Waals surface area contributed by atoms with E-state index in [1.807, 2.05) is 0 Å². The maximum Gasteiger partial charge on any atom is 0.303 e. The Morgan fingerprint density at radius 1 is 1.09 bits per heavy atom. The number of nitriles is 1. The molecule has 0 spiro atoms. The van der Waals surface area contributed by atoms with E-state index in [0.29, 0.717) is 19.4 Å². The molecule has 1 aliphatic rings. The van der Waals surface area contributed by atoms with E-state index in [2.05, 4.69) is 45.9 Å². The Labute approximate surface area is 199 Å². The summed E-state index contributed by atoms with van der Waals surface area (Å²) < 4.78 is 12.7. The van der Waals surface area contributed by atoms with Gasteiger partial charge in [0.25, 0.3) is 0 Å². The van der Waals surface area contributed by atoms with E-state index in [-0.39, 0.29) is 12.0 Å². The van der Waals surface area contributed by atoms with Crippen molar-refractivity contribution in [2.75, 3.05) is 6.61 Å². The van der Waals surface area contributed by atoms with Crippen LogP contribution in [0.2, 0.25) is 0 Å². The van der Waals surface area contributed by atoms with Gasteiger partial charge in [0.1, 0.15) is 17.1 Å². The molecule has 1 atom stereocenters. The van der Waals surface area contributed by atoms with E-state index < -0.39 is 5.97 Å². The highest BCUT2D eigenvalue weighted by molar-refractivity contribution is 5.66. The minimum Gasteiger partial charge on any atom is -0.493 e. The number of allylic oxidation sites excluding steroid dienone is 1. The second-order valence-corrected chi connectivity index (χ2v) is 9.49. The number of benzene rings is 1. The second kappa shape index (κ2) is 13.3. The number of hydrogen-bond donors (Lipinski definition) is 1. The van der Waals surface area contributed by atoms with Crippen molar-refractivity contribution in [3.8, 4) is 17.6 Å². The maximum absolute atomic E-state index is 10.6. The first-order valence-corrected chi connectivity index (χ1v) is 12.5. The van der Waals surface area contributed by atoms with Gasteiger partial charge in [-0.15, -0.1) is 0 Å². The van der Waals surface area contributed by atoms with Crippen LogP contribution in [0.1, 0.15) is 99.8 Å². The number of fused-ring (bicyclic) bond motifs is 1. The molecule has 0 saturated heterocycles. The number of nitrogens with zero attached hydrogens (tertiary/aromatic N) is 1. The minimum atomic E-state index is -0.734. The average Bonchev–Trinajstić information content (AvgIpc) is 2.78. The van der Waals surface area contributed by atoms with Crippen LogP contribution >= 0.6 is 0 Å². The third-order valence-electron chi connectivity index (χ3n) is 6.68. The summed E-state index contributed by atoms with van der Waals surface area (Å²) in [4.78, 5) is 10.6. The molecule has 182 valence electrons. The summed E-state index contributed by atoms with van der Waals surface area (Å²) >= 11 is 0. The van der Waals surface area contributed by atoms with E-state index >= 15 is 0 Å². The van der Waals surface area contributed by atoms with Gasteiger partial charge in [-0.2, -0.15) is 5.26 Å². The molecule has 5 nitrogen and oxygen atoms in total. The fourth-order valence-electron chi connectivity index (χ4n) is 4.47. The van der Waals surface area contributed by atoms with Crippen LogP contribution in [0, 0.1) is 32.1 Å². The number of carboxylic acids is 1. The zero-order chi connectivity index (χ0) is 24.3. The summed E-state index contributed by atoms with van der Waals surface area (Å²) in [5.74, 6) is 1.24. The lowest BCUT2D eigenvalue weighted by molar-refractivity contribution is -0.137. The summed E-state index contributed by atoms with van der Waals surface area (Å²) in [7, 11) is 0. The standard InChI is InChI=1S/C28H41NO4/c1-21-22(2)27-24(23(3)26(21)32-20-14-10-11-15-25(30)31)16-18-28(4,33-27)17-12-8-6-5-7-9-13-19-29/h12,17H,5-11,13-16,18,20H2,1-4H3,(H,30,31)/b17-12+. The number of carboxylic acid groups (broad SMARTS) is 1. The van der Waals surface area contributed by atoms with Crippen molar-refractivity contribution < 1.29 is 19.4 Å². The van der Waals surface area contributed by atoms with Crippen molar-refractivity contribution in [3.05, 3.63) is 34.4 Å². The average molecular weight is 456 g/mol. The molecule has 0 amide bonds. The van der Waals surface area contributed by atoms with Gasteiger partial charge in [0.05, 0.1) is 12.7 Å². The number of hydrogen-bond acceptors (Lipinski definition) is 4. The van der Waals surface area contributed by atoms with Crippen LogP contribution in [-0.4, -0.2) is 23.3 Å². The molecule has 1 aromatic rings. The topological polar surface area (TPSA) is 79.5 Å². The largest absolute Gasteiger partial charge is 0.493 e. The van der Waals surface area contributed by atoms with Crippen molar-refractivity contribution in [2.24, 2.45) is 0 Å². The van der Waals surface area contributed by atoms with Crippen LogP contribution in [-0.2, 0) is 11.2 Å². The lowest BCUT2D eigenvalue weighted by atomic mass is 9.86. The maximum atomic E-state index is 10.6. The molecule has 1 aliphatic heterocycles. The van der Waals surface area contributed by atoms with Gasteiger partial charge in [-0.25, -0.2) is 0 Å². The lowest BCUT2D eigenvalue weighted by Crippen LogP contribution is -2.35. The van der Waals surface area contributed by atoms with Crippen LogP contribution in [0.15, 0.2) is 12.2 Å². The Morgan fingerprint density at radius 2 is 1.82 bits per heavy atom. The zero-order valence-corrected chi connectivity index (χ0v) is 21.0. The fourth-order valence-corrected chi connectivity index (χ4v) is 4.47. The van der Waals surface area contributed by atoms with Crippen LogP contribution < -0.4 is 9.47 Å².